The number of aryl methyl sites for hydroxylation is 1. The number of rotatable bonds is 5. The zero-order valence-corrected chi connectivity index (χ0v) is 12.7. The molecule has 2 rings (SSSR count). The third kappa shape index (κ3) is 3.51. The van der Waals surface area contributed by atoms with Crippen LogP contribution in [-0.2, 0) is 7.05 Å². The van der Waals surface area contributed by atoms with Crippen LogP contribution in [0.4, 0.5) is 0 Å². The second-order valence-electron chi connectivity index (χ2n) is 5.87. The lowest BCUT2D eigenvalue weighted by Crippen LogP contribution is -2.22. The molecule has 1 saturated carbocycles. The molecular formula is C15H25ClN2O. The summed E-state index contributed by atoms with van der Waals surface area (Å²) in [5, 5.41) is 15.2. The standard InChI is InChI=1S/C15H25ClN2O/c1-3-4-5-11-6-8-12(9-7-11)15(19)14-13(16)10-17-18(14)2/h10-12,15,19H,3-9H2,1-2H3. The van der Waals surface area contributed by atoms with E-state index in [4.69, 9.17) is 11.6 Å². The Morgan fingerprint density at radius 1 is 1.42 bits per heavy atom. The van der Waals surface area contributed by atoms with Gasteiger partial charge in [-0.05, 0) is 24.7 Å². The first kappa shape index (κ1) is 14.9. The smallest absolute Gasteiger partial charge is 0.0999 e. The van der Waals surface area contributed by atoms with Gasteiger partial charge in [0.2, 0.25) is 0 Å². The minimum atomic E-state index is -0.466. The molecule has 0 spiro atoms. The third-order valence-electron chi connectivity index (χ3n) is 4.52. The normalized spacial score (nSPS) is 25.5. The molecular weight excluding hydrogens is 260 g/mol. The van der Waals surface area contributed by atoms with Crippen molar-refractivity contribution in [2.24, 2.45) is 18.9 Å². The number of nitrogens with zero attached hydrogens (tertiary/aromatic N) is 2. The molecule has 0 amide bonds. The molecule has 1 aliphatic carbocycles. The van der Waals surface area contributed by atoms with Gasteiger partial charge in [-0.15, -0.1) is 0 Å². The zero-order valence-electron chi connectivity index (χ0n) is 12.0. The molecule has 1 atom stereocenters. The van der Waals surface area contributed by atoms with Crippen LogP contribution in [0.5, 0.6) is 0 Å². The van der Waals surface area contributed by atoms with Crippen LogP contribution in [0.3, 0.4) is 0 Å². The maximum absolute atomic E-state index is 10.5. The Morgan fingerprint density at radius 3 is 2.63 bits per heavy atom. The van der Waals surface area contributed by atoms with Crippen LogP contribution < -0.4 is 0 Å². The summed E-state index contributed by atoms with van der Waals surface area (Å²) in [6.07, 6.45) is 9.84. The molecule has 1 N–H and O–H groups in total. The molecule has 1 aromatic rings. The highest BCUT2D eigenvalue weighted by Gasteiger charge is 2.29. The van der Waals surface area contributed by atoms with Crippen LogP contribution in [0.15, 0.2) is 6.20 Å². The van der Waals surface area contributed by atoms with Crippen molar-refractivity contribution in [2.45, 2.75) is 58.0 Å². The van der Waals surface area contributed by atoms with Gasteiger partial charge in [0, 0.05) is 7.05 Å². The molecule has 0 radical (unpaired) electrons. The summed E-state index contributed by atoms with van der Waals surface area (Å²) in [5.74, 6) is 1.20. The van der Waals surface area contributed by atoms with Crippen molar-refractivity contribution < 1.29 is 5.11 Å². The monoisotopic (exact) mass is 284 g/mol. The first-order valence-corrected chi connectivity index (χ1v) is 7.86. The van der Waals surface area contributed by atoms with Gasteiger partial charge >= 0.3 is 0 Å². The van der Waals surface area contributed by atoms with Crippen LogP contribution in [0.2, 0.25) is 5.02 Å². The topological polar surface area (TPSA) is 38.1 Å². The molecule has 0 bridgehead atoms. The summed E-state index contributed by atoms with van der Waals surface area (Å²) >= 11 is 6.11. The Bertz CT molecular complexity index is 377. The van der Waals surface area contributed by atoms with E-state index < -0.39 is 6.10 Å². The molecule has 4 heteroatoms. The SMILES string of the molecule is CCCCC1CCC(C(O)c2c(Cl)cnn2C)CC1. The average Bonchev–Trinajstić information content (AvgIpc) is 2.76. The second kappa shape index (κ2) is 6.76. The van der Waals surface area contributed by atoms with E-state index in [-0.39, 0.29) is 0 Å². The zero-order chi connectivity index (χ0) is 13.8. The summed E-state index contributed by atoms with van der Waals surface area (Å²) in [6, 6.07) is 0. The first-order chi connectivity index (χ1) is 9.13. The van der Waals surface area contributed by atoms with Gasteiger partial charge in [0.25, 0.3) is 0 Å². The predicted octanol–water partition coefficient (Wildman–Crippen LogP) is 4.10. The minimum Gasteiger partial charge on any atom is -0.386 e. The highest BCUT2D eigenvalue weighted by molar-refractivity contribution is 6.31. The van der Waals surface area contributed by atoms with E-state index in [1.54, 1.807) is 10.9 Å². The number of unbranched alkanes of at least 4 members (excludes halogenated alkanes) is 1. The van der Waals surface area contributed by atoms with Gasteiger partial charge in [0.1, 0.15) is 0 Å². The molecule has 0 saturated heterocycles. The number of aromatic nitrogens is 2. The molecule has 1 fully saturated rings. The van der Waals surface area contributed by atoms with E-state index in [9.17, 15) is 5.11 Å². The molecule has 1 heterocycles. The van der Waals surface area contributed by atoms with Crippen molar-refractivity contribution in [1.82, 2.24) is 9.78 Å². The van der Waals surface area contributed by atoms with Crippen molar-refractivity contribution in [1.29, 1.82) is 0 Å². The molecule has 3 nitrogen and oxygen atoms in total. The van der Waals surface area contributed by atoms with Crippen LogP contribution in [0.25, 0.3) is 0 Å². The maximum Gasteiger partial charge on any atom is 0.0999 e. The lowest BCUT2D eigenvalue weighted by atomic mass is 9.77. The van der Waals surface area contributed by atoms with Gasteiger partial charge in [-0.25, -0.2) is 0 Å². The van der Waals surface area contributed by atoms with Gasteiger partial charge in [-0.2, -0.15) is 5.10 Å². The Labute approximate surface area is 121 Å². The third-order valence-corrected chi connectivity index (χ3v) is 4.81. The quantitative estimate of drug-likeness (QED) is 0.884. The van der Waals surface area contributed by atoms with Gasteiger partial charge in [0.05, 0.1) is 23.0 Å². The summed E-state index contributed by atoms with van der Waals surface area (Å²) in [6.45, 7) is 2.25. The highest BCUT2D eigenvalue weighted by Crippen LogP contribution is 2.39. The Hall–Kier alpha value is -0.540. The summed E-state index contributed by atoms with van der Waals surface area (Å²) in [4.78, 5) is 0. The Balaban J connectivity index is 1.91. The van der Waals surface area contributed by atoms with Crippen molar-refractivity contribution in [3.05, 3.63) is 16.9 Å². The molecule has 0 aromatic carbocycles. The maximum atomic E-state index is 10.5. The predicted molar refractivity (Wildman–Crippen MR) is 78.2 cm³/mol. The minimum absolute atomic E-state index is 0.339. The molecule has 1 aromatic heterocycles. The van der Waals surface area contributed by atoms with E-state index in [0.29, 0.717) is 10.9 Å². The highest BCUT2D eigenvalue weighted by atomic mass is 35.5. The van der Waals surface area contributed by atoms with Crippen LogP contribution in [-0.4, -0.2) is 14.9 Å². The number of hydrogen-bond acceptors (Lipinski definition) is 2. The van der Waals surface area contributed by atoms with Crippen LogP contribution >= 0.6 is 11.6 Å². The van der Waals surface area contributed by atoms with Gasteiger partial charge < -0.3 is 5.11 Å². The van der Waals surface area contributed by atoms with E-state index in [1.807, 2.05) is 7.05 Å². The second-order valence-corrected chi connectivity index (χ2v) is 6.28. The fourth-order valence-corrected chi connectivity index (χ4v) is 3.54. The molecule has 19 heavy (non-hydrogen) atoms. The number of aliphatic hydroxyl groups excluding tert-OH is 1. The van der Waals surface area contributed by atoms with E-state index in [2.05, 4.69) is 12.0 Å². The average molecular weight is 285 g/mol. The van der Waals surface area contributed by atoms with Crippen LogP contribution in [0, 0.1) is 11.8 Å². The van der Waals surface area contributed by atoms with Crippen molar-refractivity contribution in [3.63, 3.8) is 0 Å². The molecule has 108 valence electrons. The van der Waals surface area contributed by atoms with E-state index >= 15 is 0 Å². The number of halogens is 1. The van der Waals surface area contributed by atoms with Gasteiger partial charge in [0.15, 0.2) is 0 Å². The molecule has 1 aliphatic rings. The molecule has 0 aliphatic heterocycles. The van der Waals surface area contributed by atoms with Crippen LogP contribution in [0.1, 0.15) is 63.7 Å². The summed E-state index contributed by atoms with van der Waals surface area (Å²) in [5.41, 5.74) is 0.777. The van der Waals surface area contributed by atoms with Crippen molar-refractivity contribution in [2.75, 3.05) is 0 Å². The van der Waals surface area contributed by atoms with E-state index in [1.165, 1.54) is 32.1 Å². The fraction of sp³-hybridized carbons (Fsp3) is 0.800. The largest absolute Gasteiger partial charge is 0.386 e. The summed E-state index contributed by atoms with van der Waals surface area (Å²) < 4.78 is 1.70. The van der Waals surface area contributed by atoms with E-state index in [0.717, 1.165) is 24.5 Å². The number of aliphatic hydroxyl groups is 1. The lowest BCUT2D eigenvalue weighted by molar-refractivity contribution is 0.0657. The summed E-state index contributed by atoms with van der Waals surface area (Å²) in [7, 11) is 1.84. The number of hydrogen-bond donors (Lipinski definition) is 1. The Kier molecular flexibility index (Phi) is 5.28. The van der Waals surface area contributed by atoms with Crippen molar-refractivity contribution >= 4 is 11.6 Å². The van der Waals surface area contributed by atoms with Crippen molar-refractivity contribution in [3.8, 4) is 0 Å². The lowest BCUT2D eigenvalue weighted by Gasteiger charge is -2.31. The fourth-order valence-electron chi connectivity index (χ4n) is 3.26. The Morgan fingerprint density at radius 2 is 2.11 bits per heavy atom. The molecule has 1 unspecified atom stereocenters. The first-order valence-electron chi connectivity index (χ1n) is 7.49. The van der Waals surface area contributed by atoms with Gasteiger partial charge in [-0.3, -0.25) is 4.68 Å². The van der Waals surface area contributed by atoms with Gasteiger partial charge in [-0.1, -0.05) is 50.6 Å².